The van der Waals surface area contributed by atoms with Gasteiger partial charge in [-0.15, -0.1) is 12.4 Å². The third kappa shape index (κ3) is 12.7. The van der Waals surface area contributed by atoms with Gasteiger partial charge in [0.05, 0.1) is 66.6 Å². The van der Waals surface area contributed by atoms with Gasteiger partial charge in [0, 0.05) is 19.5 Å². The zero-order valence-electron chi connectivity index (χ0n) is 35.2. The number of alkyl halides is 6. The summed E-state index contributed by atoms with van der Waals surface area (Å²) in [5, 5.41) is -1.64. The standard InChI is InChI=1S/C22H16Cl2F4N2O5S.C20H12Cl2F4N2O4S.ClH/c1-34-11-30(36(32,33)13-6-7-15(24)14(9-13)22(26,27)28)17-8-12(23)10-29-20(17)21(31)19-16(25)4-3-5-18(19)35-2;1-32-16-4-2-3-14(23)17(16)19(29)18-15(7-10(21)9-27-18)28-33(30,31)11-5-6-13(22)12(8-11)20(24,25)26;/h3-10H,11H2,1-2H3;2-9,28H,1H3;1H. The maximum Gasteiger partial charge on any atom is 0.417 e. The molecule has 0 fully saturated rings. The van der Waals surface area contributed by atoms with Gasteiger partial charge in [-0.05, 0) is 72.8 Å². The van der Waals surface area contributed by atoms with Crippen LogP contribution in [0.3, 0.4) is 0 Å². The number of aromatic nitrogens is 2. The van der Waals surface area contributed by atoms with E-state index >= 15 is 0 Å². The van der Waals surface area contributed by atoms with Crippen LogP contribution in [0.2, 0.25) is 20.1 Å². The summed E-state index contributed by atoms with van der Waals surface area (Å²) >= 11 is 23.0. The van der Waals surface area contributed by atoms with Crippen molar-refractivity contribution in [1.82, 2.24) is 9.97 Å². The molecule has 0 radical (unpaired) electrons. The first-order chi connectivity index (χ1) is 32.2. The molecule has 0 aliphatic carbocycles. The van der Waals surface area contributed by atoms with Crippen LogP contribution in [0, 0.1) is 11.6 Å². The van der Waals surface area contributed by atoms with E-state index in [1.54, 1.807) is 0 Å². The van der Waals surface area contributed by atoms with E-state index in [0.29, 0.717) is 16.4 Å². The first-order valence-corrected chi connectivity index (χ1v) is 22.9. The minimum atomic E-state index is -4.95. The van der Waals surface area contributed by atoms with E-state index in [-0.39, 0.29) is 34.0 Å². The number of methoxy groups -OCH3 is 3. The summed E-state index contributed by atoms with van der Waals surface area (Å²) in [6.07, 6.45) is -7.82. The Morgan fingerprint density at radius 2 is 1.09 bits per heavy atom. The van der Waals surface area contributed by atoms with Crippen molar-refractivity contribution in [3.05, 3.63) is 163 Å². The third-order valence-corrected chi connectivity index (χ3v) is 13.3. The summed E-state index contributed by atoms with van der Waals surface area (Å²) in [5.41, 5.74) is -5.92. The lowest BCUT2D eigenvalue weighted by Crippen LogP contribution is -2.34. The van der Waals surface area contributed by atoms with Crippen LogP contribution in [-0.4, -0.2) is 66.4 Å². The van der Waals surface area contributed by atoms with Crippen molar-refractivity contribution < 1.29 is 75.8 Å². The minimum Gasteiger partial charge on any atom is -0.496 e. The Hall–Kier alpha value is -5.53. The fourth-order valence-corrected chi connectivity index (χ4v) is 9.25. The fourth-order valence-electron chi connectivity index (χ4n) is 6.01. The first kappa shape index (κ1) is 57.1. The number of halogens is 13. The molecule has 0 spiro atoms. The highest BCUT2D eigenvalue weighted by Gasteiger charge is 2.38. The maximum atomic E-state index is 14.6. The molecule has 0 bridgehead atoms. The van der Waals surface area contributed by atoms with E-state index in [9.17, 15) is 61.5 Å². The highest BCUT2D eigenvalue weighted by molar-refractivity contribution is 7.93. The number of hydrogen-bond acceptors (Lipinski definition) is 11. The lowest BCUT2D eigenvalue weighted by Gasteiger charge is -2.25. The zero-order chi connectivity index (χ0) is 51.4. The predicted octanol–water partition coefficient (Wildman–Crippen LogP) is 11.6. The fraction of sp³-hybridized carbons (Fsp3) is 0.143. The number of nitrogens with one attached hydrogen (secondary N) is 1. The van der Waals surface area contributed by atoms with Crippen molar-refractivity contribution in [3.8, 4) is 11.5 Å². The van der Waals surface area contributed by atoms with Crippen LogP contribution in [0.15, 0.2) is 107 Å². The third-order valence-electron chi connectivity index (χ3n) is 9.11. The second kappa shape index (κ2) is 22.7. The number of nitrogens with zero attached hydrogens (tertiary/aromatic N) is 3. The molecule has 6 rings (SSSR count). The highest BCUT2D eigenvalue weighted by Crippen LogP contribution is 2.39. The summed E-state index contributed by atoms with van der Waals surface area (Å²) in [5.74, 6) is -4.35. The zero-order valence-corrected chi connectivity index (χ0v) is 40.7. The number of carbonyl (C=O) groups excluding carboxylic acids is 2. The minimum absolute atomic E-state index is 0. The van der Waals surface area contributed by atoms with Crippen LogP contribution in [0.1, 0.15) is 43.2 Å². The number of carbonyl (C=O) groups is 2. The number of ketones is 2. The normalized spacial score (nSPS) is 11.7. The van der Waals surface area contributed by atoms with Crippen LogP contribution >= 0.6 is 58.8 Å². The lowest BCUT2D eigenvalue weighted by molar-refractivity contribution is -0.138. The number of rotatable bonds is 14. The van der Waals surface area contributed by atoms with E-state index in [1.807, 2.05) is 4.72 Å². The van der Waals surface area contributed by atoms with E-state index < -0.39 is 127 Å². The van der Waals surface area contributed by atoms with Gasteiger partial charge in [-0.1, -0.05) is 58.5 Å². The number of anilines is 2. The van der Waals surface area contributed by atoms with Gasteiger partial charge in [0.1, 0.15) is 52.4 Å². The number of benzene rings is 4. The Bertz CT molecular complexity index is 3190. The second-order valence-corrected chi connectivity index (χ2v) is 18.8. The lowest BCUT2D eigenvalue weighted by atomic mass is 10.0. The maximum absolute atomic E-state index is 14.6. The molecule has 70 heavy (non-hydrogen) atoms. The van der Waals surface area contributed by atoms with E-state index in [4.69, 9.17) is 60.6 Å². The van der Waals surface area contributed by atoms with Gasteiger partial charge in [0.15, 0.2) is 0 Å². The van der Waals surface area contributed by atoms with E-state index in [0.717, 1.165) is 68.0 Å². The first-order valence-electron chi connectivity index (χ1n) is 18.5. The summed E-state index contributed by atoms with van der Waals surface area (Å²) in [4.78, 5) is 32.4. The Morgan fingerprint density at radius 3 is 1.56 bits per heavy atom. The molecule has 6 aromatic rings. The van der Waals surface area contributed by atoms with Gasteiger partial charge >= 0.3 is 12.4 Å². The number of sulfonamides is 2. The van der Waals surface area contributed by atoms with Crippen molar-refractivity contribution in [2.45, 2.75) is 22.1 Å². The molecule has 2 heterocycles. The smallest absolute Gasteiger partial charge is 0.417 e. The molecule has 0 unspecified atom stereocenters. The molecule has 0 saturated carbocycles. The van der Waals surface area contributed by atoms with E-state index in [2.05, 4.69) is 9.97 Å². The topological polar surface area (TPSA) is 171 Å². The number of pyridine rings is 2. The predicted molar refractivity (Wildman–Crippen MR) is 244 cm³/mol. The SMILES string of the molecule is COCN(c1cc(Cl)cnc1C(=O)c1c(F)cccc1OC)S(=O)(=O)c1ccc(Cl)c(C(F)(F)F)c1.COc1cccc(F)c1C(=O)c1ncc(Cl)cc1NS(=O)(=O)c1ccc(Cl)c(C(F)(F)F)c1.Cl. The van der Waals surface area contributed by atoms with E-state index in [1.165, 1.54) is 38.5 Å². The Kier molecular flexibility index (Phi) is 18.5. The van der Waals surface area contributed by atoms with Gasteiger partial charge in [-0.3, -0.25) is 14.3 Å². The van der Waals surface area contributed by atoms with Gasteiger partial charge in [-0.2, -0.15) is 26.3 Å². The molecule has 0 saturated heterocycles. The molecule has 13 nitrogen and oxygen atoms in total. The largest absolute Gasteiger partial charge is 0.496 e. The highest BCUT2D eigenvalue weighted by atomic mass is 35.5. The molecule has 0 aliphatic heterocycles. The quantitative estimate of drug-likeness (QED) is 0.0625. The Morgan fingerprint density at radius 1 is 0.643 bits per heavy atom. The van der Waals surface area contributed by atoms with Crippen LogP contribution in [0.4, 0.5) is 46.5 Å². The van der Waals surface area contributed by atoms with Crippen molar-refractivity contribution in [3.63, 3.8) is 0 Å². The summed E-state index contributed by atoms with van der Waals surface area (Å²) < 4.78 is 179. The molecule has 1 N–H and O–H groups in total. The molecule has 4 aromatic carbocycles. The van der Waals surface area contributed by atoms with Crippen molar-refractivity contribution in [1.29, 1.82) is 0 Å². The molecule has 374 valence electrons. The number of ether oxygens (including phenoxy) is 3. The monoisotopic (exact) mass is 1120 g/mol. The summed E-state index contributed by atoms with van der Waals surface area (Å²) in [6.45, 7) is -0.761. The molecule has 0 amide bonds. The summed E-state index contributed by atoms with van der Waals surface area (Å²) in [6, 6.07) is 13.1. The van der Waals surface area contributed by atoms with Gasteiger partial charge in [0.2, 0.25) is 11.6 Å². The van der Waals surface area contributed by atoms with Crippen molar-refractivity contribution in [2.24, 2.45) is 0 Å². The Balaban J connectivity index is 0.000000301. The van der Waals surface area contributed by atoms with Crippen LogP contribution in [-0.2, 0) is 37.1 Å². The van der Waals surface area contributed by atoms with Crippen LogP contribution in [0.5, 0.6) is 11.5 Å². The molecule has 2 aromatic heterocycles. The van der Waals surface area contributed by atoms with Gasteiger partial charge < -0.3 is 14.2 Å². The molecule has 28 heteroatoms. The second-order valence-electron chi connectivity index (χ2n) is 13.5. The van der Waals surface area contributed by atoms with Crippen molar-refractivity contribution in [2.75, 3.05) is 37.1 Å². The Labute approximate surface area is 418 Å². The van der Waals surface area contributed by atoms with Crippen LogP contribution < -0.4 is 18.5 Å². The van der Waals surface area contributed by atoms with Gasteiger partial charge in [-0.25, -0.2) is 39.9 Å². The van der Waals surface area contributed by atoms with Gasteiger partial charge in [0.25, 0.3) is 20.0 Å². The van der Waals surface area contributed by atoms with Crippen LogP contribution in [0.25, 0.3) is 0 Å². The number of hydrogen-bond donors (Lipinski definition) is 1. The average Bonchev–Trinajstić information content (AvgIpc) is 3.27. The average molecular weight is 1130 g/mol. The summed E-state index contributed by atoms with van der Waals surface area (Å²) in [7, 11) is -5.99. The molecule has 0 aliphatic rings. The molecule has 0 atom stereocenters. The molecular weight excluding hydrogens is 1100 g/mol. The molecular formula is C42H29Cl5F8N4O9S2. The van der Waals surface area contributed by atoms with Crippen molar-refractivity contribution >= 4 is 102 Å².